The number of nitrogens with zero attached hydrogens (tertiary/aromatic N) is 2. The molecule has 1 aliphatic heterocycles. The van der Waals surface area contributed by atoms with Crippen molar-refractivity contribution in [2.45, 2.75) is 11.3 Å². The van der Waals surface area contributed by atoms with Crippen LogP contribution in [0.25, 0.3) is 0 Å². The second-order valence-corrected chi connectivity index (χ2v) is 7.19. The number of nitrogens with one attached hydrogen (secondary N) is 1. The van der Waals surface area contributed by atoms with Gasteiger partial charge in [0.25, 0.3) is 0 Å². The van der Waals surface area contributed by atoms with Crippen LogP contribution in [0.15, 0.2) is 29.2 Å². The summed E-state index contributed by atoms with van der Waals surface area (Å²) in [4.78, 5) is 37.5. The van der Waals surface area contributed by atoms with E-state index in [1.54, 1.807) is 17.0 Å². The molecule has 1 aromatic rings. The average molecular weight is 368 g/mol. The normalized spacial score (nSPS) is 14.9. The van der Waals surface area contributed by atoms with Crippen LogP contribution in [-0.4, -0.2) is 69.2 Å². The smallest absolute Gasteiger partial charge is 0.312 e. The van der Waals surface area contributed by atoms with Crippen LogP contribution in [0.5, 0.6) is 0 Å². The quantitative estimate of drug-likeness (QED) is 0.472. The first-order valence-corrected chi connectivity index (χ1v) is 9.24. The van der Waals surface area contributed by atoms with E-state index < -0.39 is 21.8 Å². The van der Waals surface area contributed by atoms with Gasteiger partial charge in [-0.05, 0) is 24.1 Å². The van der Waals surface area contributed by atoms with Gasteiger partial charge in [-0.15, -0.1) is 0 Å². The van der Waals surface area contributed by atoms with Crippen LogP contribution in [0.1, 0.15) is 5.56 Å². The van der Waals surface area contributed by atoms with E-state index in [2.05, 4.69) is 5.32 Å². The fourth-order valence-electron chi connectivity index (χ4n) is 2.42. The minimum Gasteiger partial charge on any atom is -0.347 e. The highest BCUT2D eigenvalue weighted by atomic mass is 32.2. The lowest BCUT2D eigenvalue weighted by Gasteiger charge is -2.31. The number of sulfonamides is 1. The van der Waals surface area contributed by atoms with Gasteiger partial charge < -0.3 is 15.1 Å². The third kappa shape index (κ3) is 5.26. The Morgan fingerprint density at radius 1 is 1.12 bits per heavy atom. The molecule has 0 aliphatic carbocycles. The molecule has 1 aliphatic rings. The first-order valence-electron chi connectivity index (χ1n) is 7.69. The van der Waals surface area contributed by atoms with Gasteiger partial charge in [-0.1, -0.05) is 12.1 Å². The molecular weight excluding hydrogens is 348 g/mol. The number of hydrogen-bond acceptors (Lipinski definition) is 5. The SMILES string of the molecule is NS(=O)(=O)c1ccc(CCNC(=O)C(=O)N2CCN(C=O)CC2)cc1. The first kappa shape index (κ1) is 18.9. The topological polar surface area (TPSA) is 130 Å². The largest absolute Gasteiger partial charge is 0.347 e. The summed E-state index contributed by atoms with van der Waals surface area (Å²) in [6, 6.07) is 5.99. The van der Waals surface area contributed by atoms with Crippen LogP contribution in [0.2, 0.25) is 0 Å². The minimum atomic E-state index is -3.73. The molecule has 3 N–H and O–H groups in total. The highest BCUT2D eigenvalue weighted by Gasteiger charge is 2.25. The fraction of sp³-hybridized carbons (Fsp3) is 0.400. The fourth-order valence-corrected chi connectivity index (χ4v) is 2.93. The molecule has 1 saturated heterocycles. The minimum absolute atomic E-state index is 0.0185. The van der Waals surface area contributed by atoms with E-state index in [1.807, 2.05) is 0 Å². The number of carbonyl (C=O) groups is 3. The molecule has 136 valence electrons. The molecule has 1 heterocycles. The molecule has 0 spiro atoms. The second-order valence-electron chi connectivity index (χ2n) is 5.63. The van der Waals surface area contributed by atoms with Crippen LogP contribution in [-0.2, 0) is 30.8 Å². The zero-order valence-corrected chi connectivity index (χ0v) is 14.4. The number of amides is 3. The Balaban J connectivity index is 1.78. The predicted molar refractivity (Wildman–Crippen MR) is 88.7 cm³/mol. The van der Waals surface area contributed by atoms with Gasteiger partial charge in [-0.2, -0.15) is 0 Å². The molecule has 9 nitrogen and oxygen atoms in total. The first-order chi connectivity index (χ1) is 11.8. The Labute approximate surface area is 145 Å². The summed E-state index contributed by atoms with van der Waals surface area (Å²) in [5.74, 6) is -1.31. The lowest BCUT2D eigenvalue weighted by atomic mass is 10.1. The van der Waals surface area contributed by atoms with Crippen molar-refractivity contribution in [1.82, 2.24) is 15.1 Å². The van der Waals surface area contributed by atoms with Crippen molar-refractivity contribution in [1.29, 1.82) is 0 Å². The molecule has 0 bridgehead atoms. The standard InChI is InChI=1S/C15H20N4O5S/c16-25(23,24)13-3-1-12(2-4-13)5-6-17-14(21)15(22)19-9-7-18(11-20)8-10-19/h1-4,11H,5-10H2,(H,17,21)(H2,16,23,24). The van der Waals surface area contributed by atoms with Crippen LogP contribution in [0, 0.1) is 0 Å². The summed E-state index contributed by atoms with van der Waals surface area (Å²) >= 11 is 0. The van der Waals surface area contributed by atoms with Crippen molar-refractivity contribution in [2.75, 3.05) is 32.7 Å². The molecule has 0 radical (unpaired) electrons. The Kier molecular flexibility index (Phi) is 6.10. The van der Waals surface area contributed by atoms with Gasteiger partial charge >= 0.3 is 11.8 Å². The van der Waals surface area contributed by atoms with E-state index >= 15 is 0 Å². The number of nitrogens with two attached hydrogens (primary N) is 1. The van der Waals surface area contributed by atoms with E-state index in [4.69, 9.17) is 5.14 Å². The van der Waals surface area contributed by atoms with Gasteiger partial charge in [-0.3, -0.25) is 14.4 Å². The zero-order chi connectivity index (χ0) is 18.4. The van der Waals surface area contributed by atoms with Gasteiger partial charge in [0.2, 0.25) is 16.4 Å². The third-order valence-electron chi connectivity index (χ3n) is 3.90. The molecule has 3 amide bonds. The van der Waals surface area contributed by atoms with Gasteiger partial charge in [0.15, 0.2) is 0 Å². The lowest BCUT2D eigenvalue weighted by molar-refractivity contribution is -0.147. The number of hydrogen-bond donors (Lipinski definition) is 2. The maximum Gasteiger partial charge on any atom is 0.312 e. The van der Waals surface area contributed by atoms with E-state index in [9.17, 15) is 22.8 Å². The van der Waals surface area contributed by atoms with E-state index in [0.29, 0.717) is 32.6 Å². The lowest BCUT2D eigenvalue weighted by Crippen LogP contribution is -2.52. The monoisotopic (exact) mass is 368 g/mol. The number of primary sulfonamides is 1. The molecule has 10 heteroatoms. The van der Waals surface area contributed by atoms with Crippen LogP contribution in [0.4, 0.5) is 0 Å². The maximum absolute atomic E-state index is 12.0. The van der Waals surface area contributed by atoms with Gasteiger partial charge in [0, 0.05) is 32.7 Å². The molecule has 0 aromatic heterocycles. The Morgan fingerprint density at radius 2 is 1.72 bits per heavy atom. The Bertz CT molecular complexity index is 740. The Morgan fingerprint density at radius 3 is 2.24 bits per heavy atom. The van der Waals surface area contributed by atoms with Crippen molar-refractivity contribution in [3.05, 3.63) is 29.8 Å². The number of piperazine rings is 1. The van der Waals surface area contributed by atoms with Crippen molar-refractivity contribution >= 4 is 28.2 Å². The van der Waals surface area contributed by atoms with E-state index in [0.717, 1.165) is 12.0 Å². The van der Waals surface area contributed by atoms with Gasteiger partial charge in [-0.25, -0.2) is 13.6 Å². The van der Waals surface area contributed by atoms with Crippen LogP contribution in [0.3, 0.4) is 0 Å². The molecule has 0 saturated carbocycles. The Hall–Kier alpha value is -2.46. The number of benzene rings is 1. The number of carbonyl (C=O) groups excluding carboxylic acids is 3. The molecule has 0 atom stereocenters. The highest BCUT2D eigenvalue weighted by Crippen LogP contribution is 2.09. The molecule has 0 unspecified atom stereocenters. The summed E-state index contributed by atoms with van der Waals surface area (Å²) in [5.41, 5.74) is 0.805. The maximum atomic E-state index is 12.0. The predicted octanol–water partition coefficient (Wildman–Crippen LogP) is -1.71. The molecule has 1 aromatic carbocycles. The van der Waals surface area contributed by atoms with Gasteiger partial charge in [0.1, 0.15) is 0 Å². The van der Waals surface area contributed by atoms with E-state index in [1.165, 1.54) is 17.0 Å². The van der Waals surface area contributed by atoms with E-state index in [-0.39, 0.29) is 11.4 Å². The summed E-state index contributed by atoms with van der Waals surface area (Å²) in [7, 11) is -3.73. The number of rotatable bonds is 5. The van der Waals surface area contributed by atoms with Crippen molar-refractivity contribution < 1.29 is 22.8 Å². The summed E-state index contributed by atoms with van der Waals surface area (Å²) in [6.45, 7) is 1.74. The third-order valence-corrected chi connectivity index (χ3v) is 4.83. The highest BCUT2D eigenvalue weighted by molar-refractivity contribution is 7.89. The molecule has 25 heavy (non-hydrogen) atoms. The second kappa shape index (κ2) is 8.08. The average Bonchev–Trinajstić information content (AvgIpc) is 2.60. The summed E-state index contributed by atoms with van der Waals surface area (Å²) in [6.07, 6.45) is 1.17. The van der Waals surface area contributed by atoms with Crippen molar-refractivity contribution in [3.63, 3.8) is 0 Å². The molecular formula is C15H20N4O5S. The molecule has 1 fully saturated rings. The van der Waals surface area contributed by atoms with Crippen molar-refractivity contribution in [2.24, 2.45) is 5.14 Å². The molecule has 2 rings (SSSR count). The van der Waals surface area contributed by atoms with Crippen molar-refractivity contribution in [3.8, 4) is 0 Å². The van der Waals surface area contributed by atoms with Crippen LogP contribution >= 0.6 is 0 Å². The zero-order valence-electron chi connectivity index (χ0n) is 13.6. The summed E-state index contributed by atoms with van der Waals surface area (Å²) < 4.78 is 22.3. The summed E-state index contributed by atoms with van der Waals surface area (Å²) in [5, 5.41) is 7.56. The van der Waals surface area contributed by atoms with Gasteiger partial charge in [0.05, 0.1) is 4.90 Å². The van der Waals surface area contributed by atoms with Crippen LogP contribution < -0.4 is 10.5 Å².